The summed E-state index contributed by atoms with van der Waals surface area (Å²) < 4.78 is 0. The average molecular weight is 268 g/mol. The van der Waals surface area contributed by atoms with Crippen LogP contribution >= 0.6 is 0 Å². The van der Waals surface area contributed by atoms with Crippen molar-refractivity contribution in [3.63, 3.8) is 0 Å². The molecule has 1 saturated heterocycles. The van der Waals surface area contributed by atoms with Gasteiger partial charge < -0.3 is 15.3 Å². The Morgan fingerprint density at radius 3 is 2.47 bits per heavy atom. The summed E-state index contributed by atoms with van der Waals surface area (Å²) in [4.78, 5) is 14.3. The van der Waals surface area contributed by atoms with Crippen molar-refractivity contribution in [2.75, 3.05) is 6.54 Å². The topological polar surface area (TPSA) is 52.6 Å². The predicted octanol–water partition coefficient (Wildman–Crippen LogP) is 2.51. The molecule has 4 heteroatoms. The number of amides is 2. The molecular formula is C15H28N2O2. The Kier molecular flexibility index (Phi) is 4.39. The van der Waals surface area contributed by atoms with Crippen LogP contribution in [0.3, 0.4) is 0 Å². The standard InChI is InChI=1S/C15H28N2O2/c1-15(2,3)16-14(19)17-10-6-8-12(17)11-7-4-5-9-13(11)18/h11-13,18H,4-10H2,1-3H3,(H,16,19). The lowest BCUT2D eigenvalue weighted by molar-refractivity contribution is 0.0301. The largest absolute Gasteiger partial charge is 0.393 e. The molecule has 1 heterocycles. The average Bonchev–Trinajstić information content (AvgIpc) is 2.76. The van der Waals surface area contributed by atoms with Gasteiger partial charge in [-0.15, -0.1) is 0 Å². The van der Waals surface area contributed by atoms with Crippen molar-refractivity contribution in [1.82, 2.24) is 10.2 Å². The van der Waals surface area contributed by atoms with Crippen LogP contribution < -0.4 is 5.32 Å². The van der Waals surface area contributed by atoms with E-state index in [-0.39, 0.29) is 29.6 Å². The minimum Gasteiger partial charge on any atom is -0.393 e. The van der Waals surface area contributed by atoms with Gasteiger partial charge in [0.05, 0.1) is 6.10 Å². The fourth-order valence-electron chi connectivity index (χ4n) is 3.47. The fourth-order valence-corrected chi connectivity index (χ4v) is 3.47. The zero-order valence-electron chi connectivity index (χ0n) is 12.5. The Bertz CT molecular complexity index is 325. The molecule has 0 bridgehead atoms. The van der Waals surface area contributed by atoms with E-state index in [4.69, 9.17) is 0 Å². The molecule has 1 aliphatic heterocycles. The molecule has 0 radical (unpaired) electrons. The minimum absolute atomic E-state index is 0.0350. The third kappa shape index (κ3) is 3.62. The van der Waals surface area contributed by atoms with Gasteiger partial charge in [0.15, 0.2) is 0 Å². The molecule has 3 atom stereocenters. The molecule has 110 valence electrons. The Morgan fingerprint density at radius 1 is 1.16 bits per heavy atom. The summed E-state index contributed by atoms with van der Waals surface area (Å²) in [5.41, 5.74) is -0.199. The van der Waals surface area contributed by atoms with Crippen molar-refractivity contribution < 1.29 is 9.90 Å². The van der Waals surface area contributed by atoms with Gasteiger partial charge in [-0.3, -0.25) is 0 Å². The normalized spacial score (nSPS) is 32.4. The fraction of sp³-hybridized carbons (Fsp3) is 0.933. The van der Waals surface area contributed by atoms with Crippen molar-refractivity contribution >= 4 is 6.03 Å². The van der Waals surface area contributed by atoms with E-state index in [9.17, 15) is 9.90 Å². The van der Waals surface area contributed by atoms with E-state index in [1.807, 2.05) is 25.7 Å². The lowest BCUT2D eigenvalue weighted by Crippen LogP contribution is -2.53. The van der Waals surface area contributed by atoms with Gasteiger partial charge in [-0.2, -0.15) is 0 Å². The third-order valence-electron chi connectivity index (χ3n) is 4.32. The summed E-state index contributed by atoms with van der Waals surface area (Å²) in [5, 5.41) is 13.3. The molecule has 2 amide bonds. The van der Waals surface area contributed by atoms with E-state index in [2.05, 4.69) is 5.32 Å². The highest BCUT2D eigenvalue weighted by Crippen LogP contribution is 2.34. The molecule has 2 N–H and O–H groups in total. The van der Waals surface area contributed by atoms with Crippen molar-refractivity contribution in [3.8, 4) is 0 Å². The number of nitrogens with zero attached hydrogens (tertiary/aromatic N) is 1. The maximum Gasteiger partial charge on any atom is 0.318 e. The minimum atomic E-state index is -0.221. The number of urea groups is 1. The van der Waals surface area contributed by atoms with Gasteiger partial charge in [0.1, 0.15) is 0 Å². The van der Waals surface area contributed by atoms with Crippen LogP contribution in [0.4, 0.5) is 4.79 Å². The second-order valence-electron chi connectivity index (χ2n) is 7.10. The van der Waals surface area contributed by atoms with Gasteiger partial charge in [0, 0.05) is 24.0 Å². The molecule has 2 aliphatic rings. The number of aliphatic hydroxyl groups is 1. The molecule has 0 aromatic rings. The van der Waals surface area contributed by atoms with Crippen LogP contribution in [0, 0.1) is 5.92 Å². The molecule has 2 rings (SSSR count). The quantitative estimate of drug-likeness (QED) is 0.768. The summed E-state index contributed by atoms with van der Waals surface area (Å²) in [7, 11) is 0. The van der Waals surface area contributed by atoms with Crippen molar-refractivity contribution in [1.29, 1.82) is 0 Å². The maximum atomic E-state index is 12.4. The molecule has 2 fully saturated rings. The van der Waals surface area contributed by atoms with Gasteiger partial charge in [-0.05, 0) is 46.5 Å². The first-order chi connectivity index (χ1) is 8.88. The van der Waals surface area contributed by atoms with Crippen LogP contribution in [0.15, 0.2) is 0 Å². The van der Waals surface area contributed by atoms with Gasteiger partial charge in [0.2, 0.25) is 0 Å². The Labute approximate surface area is 116 Å². The van der Waals surface area contributed by atoms with Gasteiger partial charge >= 0.3 is 6.03 Å². The summed E-state index contributed by atoms with van der Waals surface area (Å²) in [6.45, 7) is 6.85. The highest BCUT2D eigenvalue weighted by atomic mass is 16.3. The lowest BCUT2D eigenvalue weighted by atomic mass is 9.80. The maximum absolute atomic E-state index is 12.4. The number of hydrogen-bond donors (Lipinski definition) is 2. The van der Waals surface area contributed by atoms with Gasteiger partial charge in [-0.1, -0.05) is 12.8 Å². The number of likely N-dealkylation sites (tertiary alicyclic amines) is 1. The first kappa shape index (κ1) is 14.6. The Hall–Kier alpha value is -0.770. The SMILES string of the molecule is CC(C)(C)NC(=O)N1CCCC1C1CCCCC1O. The van der Waals surface area contributed by atoms with Crippen molar-refractivity contribution in [3.05, 3.63) is 0 Å². The first-order valence-electron chi connectivity index (χ1n) is 7.65. The first-order valence-corrected chi connectivity index (χ1v) is 7.65. The molecule has 1 aliphatic carbocycles. The number of aliphatic hydroxyl groups excluding tert-OH is 1. The number of carbonyl (C=O) groups excluding carboxylic acids is 1. The van der Waals surface area contributed by atoms with Crippen LogP contribution in [0.2, 0.25) is 0 Å². The van der Waals surface area contributed by atoms with Gasteiger partial charge in [0.25, 0.3) is 0 Å². The van der Waals surface area contributed by atoms with Crippen LogP contribution in [0.5, 0.6) is 0 Å². The molecule has 1 saturated carbocycles. The van der Waals surface area contributed by atoms with E-state index >= 15 is 0 Å². The van der Waals surface area contributed by atoms with Crippen molar-refractivity contribution in [2.45, 2.75) is 77.0 Å². The zero-order chi connectivity index (χ0) is 14.0. The molecule has 0 aromatic carbocycles. The van der Waals surface area contributed by atoms with E-state index in [0.29, 0.717) is 0 Å². The summed E-state index contributed by atoms with van der Waals surface area (Å²) >= 11 is 0. The Morgan fingerprint density at radius 2 is 1.84 bits per heavy atom. The summed E-state index contributed by atoms with van der Waals surface area (Å²) in [6.07, 6.45) is 6.15. The second kappa shape index (κ2) is 5.70. The van der Waals surface area contributed by atoms with Crippen LogP contribution in [-0.2, 0) is 0 Å². The van der Waals surface area contributed by atoms with E-state index in [1.54, 1.807) is 0 Å². The Balaban J connectivity index is 2.01. The number of nitrogens with one attached hydrogen (secondary N) is 1. The highest BCUT2D eigenvalue weighted by molar-refractivity contribution is 5.75. The van der Waals surface area contributed by atoms with Crippen LogP contribution in [-0.4, -0.2) is 40.3 Å². The van der Waals surface area contributed by atoms with Crippen LogP contribution in [0.1, 0.15) is 59.3 Å². The van der Waals surface area contributed by atoms with E-state index < -0.39 is 0 Å². The molecule has 19 heavy (non-hydrogen) atoms. The number of carbonyl (C=O) groups is 1. The third-order valence-corrected chi connectivity index (χ3v) is 4.32. The second-order valence-corrected chi connectivity index (χ2v) is 7.10. The lowest BCUT2D eigenvalue weighted by Gasteiger charge is -2.38. The van der Waals surface area contributed by atoms with E-state index in [0.717, 1.165) is 38.6 Å². The van der Waals surface area contributed by atoms with Crippen molar-refractivity contribution in [2.24, 2.45) is 5.92 Å². The molecule has 4 nitrogen and oxygen atoms in total. The number of hydrogen-bond acceptors (Lipinski definition) is 2. The molecule has 0 aromatic heterocycles. The molecular weight excluding hydrogens is 240 g/mol. The monoisotopic (exact) mass is 268 g/mol. The molecule has 3 unspecified atom stereocenters. The smallest absolute Gasteiger partial charge is 0.318 e. The van der Waals surface area contributed by atoms with Gasteiger partial charge in [-0.25, -0.2) is 4.79 Å². The summed E-state index contributed by atoms with van der Waals surface area (Å²) in [6, 6.07) is 0.269. The summed E-state index contributed by atoms with van der Waals surface area (Å²) in [5.74, 6) is 0.280. The van der Waals surface area contributed by atoms with Crippen LogP contribution in [0.25, 0.3) is 0 Å². The highest BCUT2D eigenvalue weighted by Gasteiger charge is 2.39. The molecule has 0 spiro atoms. The number of rotatable bonds is 1. The van der Waals surface area contributed by atoms with E-state index in [1.165, 1.54) is 6.42 Å². The zero-order valence-corrected chi connectivity index (χ0v) is 12.5. The predicted molar refractivity (Wildman–Crippen MR) is 76.0 cm³/mol.